The number of benzene rings is 3. The summed E-state index contributed by atoms with van der Waals surface area (Å²) in [7, 11) is 0. The molecule has 0 unspecified atom stereocenters. The van der Waals surface area contributed by atoms with Crippen LogP contribution < -0.4 is 4.74 Å². The van der Waals surface area contributed by atoms with E-state index in [1.807, 2.05) is 80.6 Å². The highest BCUT2D eigenvalue weighted by molar-refractivity contribution is 5.94. The molecule has 0 saturated heterocycles. The average molecular weight is 332 g/mol. The summed E-state index contributed by atoms with van der Waals surface area (Å²) in [4.78, 5) is 11.7. The van der Waals surface area contributed by atoms with Gasteiger partial charge in [-0.1, -0.05) is 54.6 Å². The van der Waals surface area contributed by atoms with Gasteiger partial charge < -0.3 is 9.84 Å². The first-order chi connectivity index (χ1) is 12.1. The molecule has 0 bridgehead atoms. The SMILES string of the molecule is Cc1cc(COc2ccccc2)c(-c2ccccc2)c(C)c1C(=O)O. The Morgan fingerprint density at radius 2 is 1.56 bits per heavy atom. The quantitative estimate of drug-likeness (QED) is 0.694. The summed E-state index contributed by atoms with van der Waals surface area (Å²) in [6, 6.07) is 21.4. The molecule has 0 aromatic heterocycles. The fraction of sp³-hybridized carbons (Fsp3) is 0.136. The summed E-state index contributed by atoms with van der Waals surface area (Å²) in [5.41, 5.74) is 4.78. The molecule has 0 saturated carbocycles. The van der Waals surface area contributed by atoms with Gasteiger partial charge in [-0.05, 0) is 53.8 Å². The van der Waals surface area contributed by atoms with Gasteiger partial charge in [-0.2, -0.15) is 0 Å². The van der Waals surface area contributed by atoms with Crippen LogP contribution in [0.15, 0.2) is 66.7 Å². The highest BCUT2D eigenvalue weighted by Crippen LogP contribution is 2.32. The average Bonchev–Trinajstić information content (AvgIpc) is 2.61. The van der Waals surface area contributed by atoms with E-state index >= 15 is 0 Å². The predicted molar refractivity (Wildman–Crippen MR) is 99.1 cm³/mol. The van der Waals surface area contributed by atoms with Gasteiger partial charge in [0.25, 0.3) is 0 Å². The van der Waals surface area contributed by atoms with E-state index in [2.05, 4.69) is 0 Å². The van der Waals surface area contributed by atoms with Crippen LogP contribution in [-0.2, 0) is 6.61 Å². The highest BCUT2D eigenvalue weighted by Gasteiger charge is 2.19. The minimum absolute atomic E-state index is 0.363. The van der Waals surface area contributed by atoms with Crippen LogP contribution in [0.25, 0.3) is 11.1 Å². The van der Waals surface area contributed by atoms with E-state index in [9.17, 15) is 9.90 Å². The van der Waals surface area contributed by atoms with Gasteiger partial charge in [0.1, 0.15) is 12.4 Å². The van der Waals surface area contributed by atoms with Crippen molar-refractivity contribution in [3.63, 3.8) is 0 Å². The van der Waals surface area contributed by atoms with Crippen molar-refractivity contribution >= 4 is 5.97 Å². The molecule has 0 aliphatic carbocycles. The first-order valence-electron chi connectivity index (χ1n) is 8.17. The van der Waals surface area contributed by atoms with Crippen LogP contribution in [0.2, 0.25) is 0 Å². The molecule has 0 heterocycles. The van der Waals surface area contributed by atoms with E-state index in [1.165, 1.54) is 0 Å². The third-order valence-corrected chi connectivity index (χ3v) is 4.27. The minimum Gasteiger partial charge on any atom is -0.489 e. The van der Waals surface area contributed by atoms with Crippen molar-refractivity contribution < 1.29 is 14.6 Å². The van der Waals surface area contributed by atoms with E-state index < -0.39 is 5.97 Å². The lowest BCUT2D eigenvalue weighted by Crippen LogP contribution is -2.08. The van der Waals surface area contributed by atoms with Crippen LogP contribution >= 0.6 is 0 Å². The lowest BCUT2D eigenvalue weighted by molar-refractivity contribution is 0.0695. The molecule has 25 heavy (non-hydrogen) atoms. The van der Waals surface area contributed by atoms with Crippen LogP contribution in [0.4, 0.5) is 0 Å². The third-order valence-electron chi connectivity index (χ3n) is 4.27. The van der Waals surface area contributed by atoms with Crippen molar-refractivity contribution in [3.8, 4) is 16.9 Å². The molecular formula is C22H20O3. The molecule has 126 valence electrons. The number of hydrogen-bond acceptors (Lipinski definition) is 2. The Morgan fingerprint density at radius 3 is 2.16 bits per heavy atom. The maximum Gasteiger partial charge on any atom is 0.336 e. The molecule has 0 aliphatic rings. The Balaban J connectivity index is 2.08. The van der Waals surface area contributed by atoms with Crippen molar-refractivity contribution in [1.29, 1.82) is 0 Å². The Kier molecular flexibility index (Phi) is 4.85. The topological polar surface area (TPSA) is 46.5 Å². The first-order valence-corrected chi connectivity index (χ1v) is 8.17. The second-order valence-corrected chi connectivity index (χ2v) is 6.00. The van der Waals surface area contributed by atoms with Gasteiger partial charge in [0, 0.05) is 0 Å². The number of ether oxygens (including phenoxy) is 1. The van der Waals surface area contributed by atoms with E-state index in [-0.39, 0.29) is 0 Å². The molecule has 1 N–H and O–H groups in total. The second kappa shape index (κ2) is 7.22. The van der Waals surface area contributed by atoms with Gasteiger partial charge in [-0.15, -0.1) is 0 Å². The number of aryl methyl sites for hydroxylation is 1. The standard InChI is InChI=1S/C22H20O3/c1-15-13-18(14-25-19-11-7-4-8-12-19)21(16(2)20(15)22(23)24)17-9-5-3-6-10-17/h3-13H,14H2,1-2H3,(H,23,24). The number of carbonyl (C=O) groups is 1. The lowest BCUT2D eigenvalue weighted by atomic mass is 9.89. The molecule has 0 spiro atoms. The molecule has 0 fully saturated rings. The van der Waals surface area contributed by atoms with Crippen molar-refractivity contribution in [2.24, 2.45) is 0 Å². The van der Waals surface area contributed by atoms with Crippen LogP contribution in [-0.4, -0.2) is 11.1 Å². The number of rotatable bonds is 5. The molecule has 0 radical (unpaired) electrons. The van der Waals surface area contributed by atoms with Gasteiger partial charge in [0.2, 0.25) is 0 Å². The second-order valence-electron chi connectivity index (χ2n) is 6.00. The Hall–Kier alpha value is -3.07. The number of aromatic carboxylic acids is 1. The Bertz CT molecular complexity index is 884. The highest BCUT2D eigenvalue weighted by atomic mass is 16.5. The Labute approximate surface area is 147 Å². The van der Waals surface area contributed by atoms with Crippen molar-refractivity contribution in [3.05, 3.63) is 89.0 Å². The van der Waals surface area contributed by atoms with Crippen molar-refractivity contribution in [1.82, 2.24) is 0 Å². The van der Waals surface area contributed by atoms with Crippen molar-refractivity contribution in [2.45, 2.75) is 20.5 Å². The normalized spacial score (nSPS) is 10.5. The van der Waals surface area contributed by atoms with Gasteiger partial charge in [-0.25, -0.2) is 4.79 Å². The maximum atomic E-state index is 11.7. The zero-order chi connectivity index (χ0) is 17.8. The smallest absolute Gasteiger partial charge is 0.336 e. The summed E-state index contributed by atoms with van der Waals surface area (Å²) in [6.45, 7) is 4.08. The van der Waals surface area contributed by atoms with E-state index in [0.717, 1.165) is 33.6 Å². The first kappa shape index (κ1) is 16.8. The fourth-order valence-electron chi connectivity index (χ4n) is 3.19. The molecule has 0 amide bonds. The molecule has 3 aromatic rings. The van der Waals surface area contributed by atoms with E-state index in [1.54, 1.807) is 0 Å². The third kappa shape index (κ3) is 3.56. The van der Waals surface area contributed by atoms with Crippen molar-refractivity contribution in [2.75, 3.05) is 0 Å². The fourth-order valence-corrected chi connectivity index (χ4v) is 3.19. The molecular weight excluding hydrogens is 312 g/mol. The summed E-state index contributed by atoms with van der Waals surface area (Å²) in [6.07, 6.45) is 0. The van der Waals surface area contributed by atoms with Crippen LogP contribution in [0.1, 0.15) is 27.0 Å². The zero-order valence-electron chi connectivity index (χ0n) is 14.3. The Morgan fingerprint density at radius 1 is 0.960 bits per heavy atom. The number of carboxylic acid groups (broad SMARTS) is 1. The number of carboxylic acids is 1. The van der Waals surface area contributed by atoms with Gasteiger partial charge in [0.05, 0.1) is 5.56 Å². The monoisotopic (exact) mass is 332 g/mol. The minimum atomic E-state index is -0.900. The predicted octanol–water partition coefficient (Wildman–Crippen LogP) is 5.25. The largest absolute Gasteiger partial charge is 0.489 e. The van der Waals surface area contributed by atoms with Crippen LogP contribution in [0, 0.1) is 13.8 Å². The van der Waals surface area contributed by atoms with Crippen LogP contribution in [0.5, 0.6) is 5.75 Å². The molecule has 0 atom stereocenters. The summed E-state index contributed by atoms with van der Waals surface area (Å²) >= 11 is 0. The van der Waals surface area contributed by atoms with E-state index in [0.29, 0.717) is 12.2 Å². The number of para-hydroxylation sites is 1. The molecule has 3 aromatic carbocycles. The number of hydrogen-bond donors (Lipinski definition) is 1. The van der Waals surface area contributed by atoms with Crippen LogP contribution in [0.3, 0.4) is 0 Å². The zero-order valence-corrected chi connectivity index (χ0v) is 14.3. The molecule has 3 rings (SSSR count). The molecule has 0 aliphatic heterocycles. The molecule has 3 heteroatoms. The summed E-state index contributed by atoms with van der Waals surface area (Å²) in [5, 5.41) is 9.59. The lowest BCUT2D eigenvalue weighted by Gasteiger charge is -2.18. The van der Waals surface area contributed by atoms with Gasteiger partial charge in [-0.3, -0.25) is 0 Å². The summed E-state index contributed by atoms with van der Waals surface area (Å²) in [5.74, 6) is -0.109. The summed E-state index contributed by atoms with van der Waals surface area (Å²) < 4.78 is 5.92. The van der Waals surface area contributed by atoms with Gasteiger partial charge in [0.15, 0.2) is 0 Å². The van der Waals surface area contributed by atoms with Gasteiger partial charge >= 0.3 is 5.97 Å². The maximum absolute atomic E-state index is 11.7. The van der Waals surface area contributed by atoms with E-state index in [4.69, 9.17) is 4.74 Å². The molecule has 3 nitrogen and oxygen atoms in total.